The van der Waals surface area contributed by atoms with Gasteiger partial charge in [-0.25, -0.2) is 17.6 Å². The van der Waals surface area contributed by atoms with Gasteiger partial charge in [0.15, 0.2) is 23.3 Å². The van der Waals surface area contributed by atoms with Crippen LogP contribution in [0.5, 0.6) is 0 Å². The Morgan fingerprint density at radius 1 is 1.07 bits per heavy atom. The summed E-state index contributed by atoms with van der Waals surface area (Å²) in [7, 11) is 0. The average molecular weight is 236 g/mol. The average Bonchev–Trinajstić information content (AvgIpc) is 2.23. The monoisotopic (exact) mass is 236 g/mol. The molecule has 1 aromatic carbocycles. The Morgan fingerprint density at radius 3 is 1.87 bits per heavy atom. The molecule has 0 amide bonds. The van der Waals surface area contributed by atoms with E-state index in [4.69, 9.17) is 0 Å². The molecule has 15 heavy (non-hydrogen) atoms. The molecule has 0 aliphatic carbocycles. The number of hydrogen-bond donors (Lipinski definition) is 0. The Balaban J connectivity index is 3.50. The van der Waals surface area contributed by atoms with E-state index in [-0.39, 0.29) is 6.42 Å². The second-order valence-corrected chi connectivity index (χ2v) is 3.58. The fraction of sp³-hybridized carbons (Fsp3) is 0.200. The first-order valence-electron chi connectivity index (χ1n) is 4.04. The molecule has 1 aromatic rings. The van der Waals surface area contributed by atoms with Gasteiger partial charge in [-0.2, -0.15) is 0 Å². The van der Waals surface area contributed by atoms with E-state index >= 15 is 0 Å². The van der Waals surface area contributed by atoms with E-state index in [1.807, 2.05) is 0 Å². The van der Waals surface area contributed by atoms with Crippen LogP contribution in [0, 0.1) is 23.3 Å². The Kier molecular flexibility index (Phi) is 3.79. The van der Waals surface area contributed by atoms with Crippen LogP contribution in [0.15, 0.2) is 17.6 Å². The summed E-state index contributed by atoms with van der Waals surface area (Å²) in [5.74, 6) is -5.40. The third kappa shape index (κ3) is 2.02. The molecule has 5 heteroatoms. The van der Waals surface area contributed by atoms with Gasteiger partial charge >= 0.3 is 0 Å². The van der Waals surface area contributed by atoms with E-state index in [9.17, 15) is 17.6 Å². The maximum absolute atomic E-state index is 13.2. The van der Waals surface area contributed by atoms with Crippen molar-refractivity contribution >= 4 is 11.8 Å². The van der Waals surface area contributed by atoms with Gasteiger partial charge in [-0.15, -0.1) is 18.3 Å². The van der Waals surface area contributed by atoms with Gasteiger partial charge in [0.05, 0.1) is 4.90 Å². The minimum Gasteiger partial charge on any atom is -0.203 e. The highest BCUT2D eigenvalue weighted by Gasteiger charge is 2.23. The van der Waals surface area contributed by atoms with Gasteiger partial charge in [-0.05, 0) is 12.7 Å². The summed E-state index contributed by atoms with van der Waals surface area (Å²) >= 11 is 0.621. The molecule has 0 saturated carbocycles. The predicted molar refractivity (Wildman–Crippen MR) is 52.0 cm³/mol. The lowest BCUT2D eigenvalue weighted by atomic mass is 10.1. The van der Waals surface area contributed by atoms with Gasteiger partial charge in [0.1, 0.15) is 0 Å². The second kappa shape index (κ2) is 4.70. The van der Waals surface area contributed by atoms with Gasteiger partial charge in [0.2, 0.25) is 0 Å². The Labute approximate surface area is 89.0 Å². The van der Waals surface area contributed by atoms with Crippen molar-refractivity contribution in [2.75, 3.05) is 6.26 Å². The summed E-state index contributed by atoms with van der Waals surface area (Å²) in [6, 6.07) is 0. The standard InChI is InChI=1S/C10H8F4S/c1-3-4-5-6(11)8(13)10(15-2)9(14)7(5)12/h3H,1,4H2,2H3. The lowest BCUT2D eigenvalue weighted by molar-refractivity contribution is 0.416. The van der Waals surface area contributed by atoms with Gasteiger partial charge in [-0.1, -0.05) is 6.08 Å². The summed E-state index contributed by atoms with van der Waals surface area (Å²) in [6.07, 6.45) is 2.27. The zero-order valence-electron chi connectivity index (χ0n) is 7.91. The van der Waals surface area contributed by atoms with Gasteiger partial charge in [0.25, 0.3) is 0 Å². The first-order valence-corrected chi connectivity index (χ1v) is 5.26. The molecule has 0 aliphatic rings. The Bertz CT molecular complexity index is 372. The highest BCUT2D eigenvalue weighted by molar-refractivity contribution is 7.98. The molecule has 0 aliphatic heterocycles. The molecule has 0 unspecified atom stereocenters. The van der Waals surface area contributed by atoms with E-state index in [2.05, 4.69) is 6.58 Å². The van der Waals surface area contributed by atoms with E-state index < -0.39 is 33.7 Å². The number of benzene rings is 1. The highest BCUT2D eigenvalue weighted by Crippen LogP contribution is 2.30. The third-order valence-corrected chi connectivity index (χ3v) is 2.63. The van der Waals surface area contributed by atoms with Crippen molar-refractivity contribution in [3.63, 3.8) is 0 Å². The van der Waals surface area contributed by atoms with Crippen molar-refractivity contribution in [2.45, 2.75) is 11.3 Å². The van der Waals surface area contributed by atoms with Crippen LogP contribution in [0.2, 0.25) is 0 Å². The van der Waals surface area contributed by atoms with Crippen LogP contribution in [-0.4, -0.2) is 6.26 Å². The van der Waals surface area contributed by atoms with Crippen LogP contribution in [0.25, 0.3) is 0 Å². The fourth-order valence-electron chi connectivity index (χ4n) is 1.16. The number of rotatable bonds is 3. The smallest absolute Gasteiger partial charge is 0.175 e. The van der Waals surface area contributed by atoms with Crippen molar-refractivity contribution in [2.24, 2.45) is 0 Å². The van der Waals surface area contributed by atoms with Crippen LogP contribution >= 0.6 is 11.8 Å². The number of allylic oxidation sites excluding steroid dienone is 1. The van der Waals surface area contributed by atoms with E-state index in [0.29, 0.717) is 11.8 Å². The Hall–Kier alpha value is -0.970. The second-order valence-electron chi connectivity index (χ2n) is 2.76. The van der Waals surface area contributed by atoms with Crippen molar-refractivity contribution in [3.8, 4) is 0 Å². The van der Waals surface area contributed by atoms with Crippen LogP contribution in [0.3, 0.4) is 0 Å². The molecular weight excluding hydrogens is 228 g/mol. The summed E-state index contributed by atoms with van der Waals surface area (Å²) < 4.78 is 52.8. The topological polar surface area (TPSA) is 0 Å². The molecular formula is C10H8F4S. The SMILES string of the molecule is C=CCc1c(F)c(F)c(SC)c(F)c1F. The highest BCUT2D eigenvalue weighted by atomic mass is 32.2. The van der Waals surface area contributed by atoms with Crippen molar-refractivity contribution in [3.05, 3.63) is 41.5 Å². The molecule has 0 fully saturated rings. The summed E-state index contributed by atoms with van der Waals surface area (Å²) in [5, 5.41) is 0. The maximum atomic E-state index is 13.2. The molecule has 0 N–H and O–H groups in total. The lowest BCUT2D eigenvalue weighted by Crippen LogP contribution is -2.04. The minimum atomic E-state index is -1.35. The zero-order valence-corrected chi connectivity index (χ0v) is 8.73. The molecule has 0 spiro atoms. The summed E-state index contributed by atoms with van der Waals surface area (Å²) in [6.45, 7) is 3.26. The van der Waals surface area contributed by atoms with E-state index in [1.165, 1.54) is 12.3 Å². The molecule has 0 atom stereocenters. The maximum Gasteiger partial charge on any atom is 0.175 e. The molecule has 82 valence electrons. The van der Waals surface area contributed by atoms with E-state index in [1.54, 1.807) is 0 Å². The van der Waals surface area contributed by atoms with Crippen molar-refractivity contribution < 1.29 is 17.6 Å². The molecule has 1 rings (SSSR count). The van der Waals surface area contributed by atoms with Crippen LogP contribution < -0.4 is 0 Å². The zero-order chi connectivity index (χ0) is 11.6. The largest absolute Gasteiger partial charge is 0.203 e. The Morgan fingerprint density at radius 2 is 1.53 bits per heavy atom. The minimum absolute atomic E-state index is 0.250. The molecule has 0 bridgehead atoms. The van der Waals surface area contributed by atoms with Crippen LogP contribution in [0.4, 0.5) is 17.6 Å². The summed E-state index contributed by atoms with van der Waals surface area (Å²) in [4.78, 5) is -0.641. The molecule has 0 saturated heterocycles. The molecule has 0 heterocycles. The number of halogens is 4. The molecule has 0 nitrogen and oxygen atoms in total. The molecule has 0 aromatic heterocycles. The first-order chi connectivity index (χ1) is 7.04. The van der Waals surface area contributed by atoms with Crippen molar-refractivity contribution in [1.82, 2.24) is 0 Å². The van der Waals surface area contributed by atoms with Crippen LogP contribution in [0.1, 0.15) is 5.56 Å². The first kappa shape index (κ1) is 12.1. The quantitative estimate of drug-likeness (QED) is 0.334. The third-order valence-electron chi connectivity index (χ3n) is 1.87. The predicted octanol–water partition coefficient (Wildman–Crippen LogP) is 3.69. The fourth-order valence-corrected chi connectivity index (χ4v) is 1.70. The summed E-state index contributed by atoms with van der Waals surface area (Å²) in [5.41, 5.74) is -0.627. The van der Waals surface area contributed by atoms with Gasteiger partial charge in [0, 0.05) is 5.56 Å². The number of thioether (sulfide) groups is 1. The number of hydrogen-bond acceptors (Lipinski definition) is 1. The van der Waals surface area contributed by atoms with Gasteiger partial charge in [-0.3, -0.25) is 0 Å². The normalized spacial score (nSPS) is 10.5. The van der Waals surface area contributed by atoms with Crippen LogP contribution in [-0.2, 0) is 6.42 Å². The lowest BCUT2D eigenvalue weighted by Gasteiger charge is -2.08. The van der Waals surface area contributed by atoms with Crippen molar-refractivity contribution in [1.29, 1.82) is 0 Å². The van der Waals surface area contributed by atoms with E-state index in [0.717, 1.165) is 0 Å². The molecule has 0 radical (unpaired) electrons. The van der Waals surface area contributed by atoms with Gasteiger partial charge < -0.3 is 0 Å².